The predicted octanol–water partition coefficient (Wildman–Crippen LogP) is 3.47. The third-order valence-corrected chi connectivity index (χ3v) is 3.24. The zero-order valence-electron chi connectivity index (χ0n) is 10.2. The lowest BCUT2D eigenvalue weighted by molar-refractivity contribution is -0.122. The second-order valence-electron chi connectivity index (χ2n) is 4.45. The van der Waals surface area contributed by atoms with Gasteiger partial charge in [0, 0.05) is 12.3 Å². The minimum atomic E-state index is 0.130. The molecule has 2 rings (SSSR count). The number of rotatable bonds is 3. The van der Waals surface area contributed by atoms with Crippen molar-refractivity contribution in [1.29, 1.82) is 0 Å². The first kappa shape index (κ1) is 11.9. The Morgan fingerprint density at radius 2 is 2.00 bits per heavy atom. The van der Waals surface area contributed by atoms with Gasteiger partial charge in [-0.15, -0.1) is 0 Å². The number of allylic oxidation sites excluding steroid dienone is 1. The van der Waals surface area contributed by atoms with Crippen molar-refractivity contribution in [2.45, 2.75) is 25.7 Å². The number of hydrogen-bond acceptors (Lipinski definition) is 2. The van der Waals surface area contributed by atoms with Gasteiger partial charge in [0.15, 0.2) is 0 Å². The molecule has 0 aromatic heterocycles. The van der Waals surface area contributed by atoms with E-state index in [2.05, 4.69) is 0 Å². The van der Waals surface area contributed by atoms with Crippen molar-refractivity contribution < 1.29 is 9.53 Å². The summed E-state index contributed by atoms with van der Waals surface area (Å²) in [4.78, 5) is 11.6. The molecule has 0 heterocycles. The van der Waals surface area contributed by atoms with E-state index < -0.39 is 0 Å². The average molecular weight is 230 g/mol. The van der Waals surface area contributed by atoms with E-state index in [4.69, 9.17) is 4.74 Å². The Hall–Kier alpha value is -1.57. The Morgan fingerprint density at radius 3 is 2.65 bits per heavy atom. The van der Waals surface area contributed by atoms with Crippen LogP contribution in [-0.2, 0) is 4.79 Å². The van der Waals surface area contributed by atoms with Crippen LogP contribution in [0.1, 0.15) is 31.2 Å². The van der Waals surface area contributed by atoms with Crippen molar-refractivity contribution in [3.8, 4) is 5.75 Å². The normalized spacial score (nSPS) is 20.8. The summed E-state index contributed by atoms with van der Waals surface area (Å²) < 4.78 is 5.10. The topological polar surface area (TPSA) is 26.3 Å². The molecule has 1 fully saturated rings. The highest BCUT2D eigenvalue weighted by Gasteiger charge is 2.18. The largest absolute Gasteiger partial charge is 0.497 e. The zero-order chi connectivity index (χ0) is 12.1. The molecule has 1 aromatic rings. The molecular formula is C15H18O2. The first-order valence-corrected chi connectivity index (χ1v) is 6.14. The van der Waals surface area contributed by atoms with E-state index in [9.17, 15) is 4.79 Å². The van der Waals surface area contributed by atoms with Gasteiger partial charge in [-0.05, 0) is 30.5 Å². The molecule has 1 aliphatic rings. The second-order valence-corrected chi connectivity index (χ2v) is 4.45. The molecule has 1 aliphatic carbocycles. The van der Waals surface area contributed by atoms with Crippen molar-refractivity contribution in [3.05, 3.63) is 35.9 Å². The Kier molecular flexibility index (Phi) is 3.97. The van der Waals surface area contributed by atoms with Crippen LogP contribution >= 0.6 is 0 Å². The van der Waals surface area contributed by atoms with Gasteiger partial charge in [0.25, 0.3) is 0 Å². The average Bonchev–Trinajstić information content (AvgIpc) is 2.38. The van der Waals surface area contributed by atoms with E-state index >= 15 is 0 Å². The van der Waals surface area contributed by atoms with E-state index in [0.717, 1.165) is 30.6 Å². The van der Waals surface area contributed by atoms with Gasteiger partial charge in [-0.25, -0.2) is 0 Å². The van der Waals surface area contributed by atoms with Crippen LogP contribution in [0.25, 0.3) is 6.08 Å². The van der Waals surface area contributed by atoms with Crippen molar-refractivity contribution in [1.82, 2.24) is 0 Å². The van der Waals surface area contributed by atoms with Crippen LogP contribution in [0.5, 0.6) is 5.75 Å². The Balaban J connectivity index is 2.01. The Labute approximate surface area is 102 Å². The lowest BCUT2D eigenvalue weighted by Gasteiger charge is -2.16. The molecule has 0 radical (unpaired) electrons. The Bertz CT molecular complexity index is 403. The number of benzene rings is 1. The summed E-state index contributed by atoms with van der Waals surface area (Å²) in [7, 11) is 1.66. The summed E-state index contributed by atoms with van der Waals surface area (Å²) in [5.41, 5.74) is 1.11. The summed E-state index contributed by atoms with van der Waals surface area (Å²) in [6, 6.07) is 7.87. The summed E-state index contributed by atoms with van der Waals surface area (Å²) >= 11 is 0. The summed E-state index contributed by atoms with van der Waals surface area (Å²) in [6.45, 7) is 0. The highest BCUT2D eigenvalue weighted by Crippen LogP contribution is 2.22. The monoisotopic (exact) mass is 230 g/mol. The lowest BCUT2D eigenvalue weighted by atomic mass is 9.87. The number of ketones is 1. The van der Waals surface area contributed by atoms with E-state index in [1.165, 1.54) is 6.42 Å². The van der Waals surface area contributed by atoms with E-state index in [1.807, 2.05) is 36.4 Å². The molecule has 1 atom stereocenters. The van der Waals surface area contributed by atoms with Crippen molar-refractivity contribution in [2.75, 3.05) is 7.11 Å². The fourth-order valence-corrected chi connectivity index (χ4v) is 2.16. The molecule has 0 spiro atoms. The molecule has 0 bridgehead atoms. The molecule has 2 heteroatoms. The van der Waals surface area contributed by atoms with Gasteiger partial charge in [0.1, 0.15) is 11.5 Å². The van der Waals surface area contributed by atoms with Crippen LogP contribution in [0.2, 0.25) is 0 Å². The number of hydrogen-bond donors (Lipinski definition) is 0. The van der Waals surface area contributed by atoms with Gasteiger partial charge in [-0.1, -0.05) is 30.7 Å². The molecular weight excluding hydrogens is 212 g/mol. The minimum Gasteiger partial charge on any atom is -0.497 e. The van der Waals surface area contributed by atoms with Crippen LogP contribution in [0.3, 0.4) is 0 Å². The zero-order valence-corrected chi connectivity index (χ0v) is 10.2. The van der Waals surface area contributed by atoms with Crippen LogP contribution in [0.15, 0.2) is 30.3 Å². The Morgan fingerprint density at radius 1 is 1.24 bits per heavy atom. The number of ether oxygens (including phenoxy) is 1. The van der Waals surface area contributed by atoms with E-state index in [-0.39, 0.29) is 5.92 Å². The molecule has 1 aromatic carbocycles. The lowest BCUT2D eigenvalue weighted by Crippen LogP contribution is -2.16. The van der Waals surface area contributed by atoms with Crippen LogP contribution in [0, 0.1) is 5.92 Å². The standard InChI is InChI=1S/C15H18O2/c1-17-14-10-7-12(8-11-14)6-9-13-4-2-3-5-15(13)16/h6-11,13H,2-5H2,1H3/b9-6+. The van der Waals surface area contributed by atoms with E-state index in [1.54, 1.807) is 7.11 Å². The summed E-state index contributed by atoms with van der Waals surface area (Å²) in [5, 5.41) is 0. The van der Waals surface area contributed by atoms with Crippen LogP contribution < -0.4 is 4.74 Å². The van der Waals surface area contributed by atoms with Gasteiger partial charge in [-0.3, -0.25) is 4.79 Å². The third-order valence-electron chi connectivity index (χ3n) is 3.24. The smallest absolute Gasteiger partial charge is 0.139 e. The van der Waals surface area contributed by atoms with Gasteiger partial charge in [0.05, 0.1) is 7.11 Å². The maximum atomic E-state index is 11.6. The second kappa shape index (κ2) is 5.67. The van der Waals surface area contributed by atoms with Crippen molar-refractivity contribution >= 4 is 11.9 Å². The van der Waals surface area contributed by atoms with Gasteiger partial charge in [-0.2, -0.15) is 0 Å². The first-order chi connectivity index (χ1) is 8.29. The minimum absolute atomic E-state index is 0.130. The number of carbonyl (C=O) groups excluding carboxylic acids is 1. The predicted molar refractivity (Wildman–Crippen MR) is 69.0 cm³/mol. The molecule has 1 saturated carbocycles. The summed E-state index contributed by atoms with van der Waals surface area (Å²) in [5.74, 6) is 1.38. The molecule has 0 amide bonds. The number of methoxy groups -OCH3 is 1. The van der Waals surface area contributed by atoms with E-state index in [0.29, 0.717) is 5.78 Å². The third kappa shape index (κ3) is 3.19. The first-order valence-electron chi connectivity index (χ1n) is 6.14. The number of carbonyl (C=O) groups is 1. The molecule has 0 N–H and O–H groups in total. The van der Waals surface area contributed by atoms with Crippen molar-refractivity contribution in [2.24, 2.45) is 5.92 Å². The number of Topliss-reactive ketones (excluding diaryl/α,β-unsaturated/α-hetero) is 1. The van der Waals surface area contributed by atoms with Crippen LogP contribution in [-0.4, -0.2) is 12.9 Å². The van der Waals surface area contributed by atoms with Crippen molar-refractivity contribution in [3.63, 3.8) is 0 Å². The molecule has 0 aliphatic heterocycles. The molecule has 1 unspecified atom stereocenters. The summed E-state index contributed by atoms with van der Waals surface area (Å²) in [6.07, 6.45) is 8.06. The molecule has 90 valence electrons. The molecule has 2 nitrogen and oxygen atoms in total. The van der Waals surface area contributed by atoms with Gasteiger partial charge in [0.2, 0.25) is 0 Å². The van der Waals surface area contributed by atoms with Gasteiger partial charge >= 0.3 is 0 Å². The highest BCUT2D eigenvalue weighted by atomic mass is 16.5. The maximum Gasteiger partial charge on any atom is 0.139 e. The fourth-order valence-electron chi connectivity index (χ4n) is 2.16. The maximum absolute atomic E-state index is 11.6. The fraction of sp³-hybridized carbons (Fsp3) is 0.400. The molecule has 0 saturated heterocycles. The van der Waals surface area contributed by atoms with Crippen LogP contribution in [0.4, 0.5) is 0 Å². The quantitative estimate of drug-likeness (QED) is 0.794. The molecule has 17 heavy (non-hydrogen) atoms. The highest BCUT2D eigenvalue weighted by molar-refractivity contribution is 5.84. The SMILES string of the molecule is COc1ccc(/C=C/C2CCCCC2=O)cc1. The van der Waals surface area contributed by atoms with Gasteiger partial charge < -0.3 is 4.74 Å².